The van der Waals surface area contributed by atoms with Gasteiger partial charge in [-0.1, -0.05) is 0 Å². The highest BCUT2D eigenvalue weighted by Crippen LogP contribution is 2.47. The zero-order valence-corrected chi connectivity index (χ0v) is 13.8. The van der Waals surface area contributed by atoms with Gasteiger partial charge in [0.05, 0.1) is 23.9 Å². The lowest BCUT2D eigenvalue weighted by atomic mass is 9.94. The van der Waals surface area contributed by atoms with Crippen LogP contribution in [0.1, 0.15) is 60.3 Å². The molecule has 5 heteroatoms. The van der Waals surface area contributed by atoms with Crippen molar-refractivity contribution >= 4 is 5.97 Å². The number of carbonyl (C=O) groups excluding carboxylic acids is 1. The monoisotopic (exact) mass is 300 g/mol. The average Bonchev–Trinajstić information content (AvgIpc) is 3.20. The van der Waals surface area contributed by atoms with E-state index in [1.807, 2.05) is 34.6 Å². The molecule has 2 heterocycles. The summed E-state index contributed by atoms with van der Waals surface area (Å²) in [7, 11) is 0. The van der Waals surface area contributed by atoms with Gasteiger partial charge in [-0.2, -0.15) is 0 Å². The maximum atomic E-state index is 11.7. The SMILES string of the molecule is CC(C)(C)OC(=O)CC[C@@]1(C)O[C@@H]1CC[C@@]1(C)O[C@@H]1CO. The largest absolute Gasteiger partial charge is 0.460 e. The number of hydrogen-bond acceptors (Lipinski definition) is 5. The van der Waals surface area contributed by atoms with Crippen LogP contribution in [0.5, 0.6) is 0 Å². The van der Waals surface area contributed by atoms with Gasteiger partial charge in [0.2, 0.25) is 0 Å². The van der Waals surface area contributed by atoms with E-state index in [2.05, 4.69) is 0 Å². The van der Waals surface area contributed by atoms with E-state index >= 15 is 0 Å². The van der Waals surface area contributed by atoms with Crippen molar-refractivity contribution in [1.29, 1.82) is 0 Å². The van der Waals surface area contributed by atoms with Crippen LogP contribution < -0.4 is 0 Å². The number of aliphatic hydroxyl groups is 1. The second-order valence-corrected chi connectivity index (χ2v) is 7.65. The minimum absolute atomic E-state index is 0.0238. The summed E-state index contributed by atoms with van der Waals surface area (Å²) in [6, 6.07) is 0. The second kappa shape index (κ2) is 5.52. The summed E-state index contributed by atoms with van der Waals surface area (Å²) in [6.45, 7) is 9.76. The van der Waals surface area contributed by atoms with Gasteiger partial charge < -0.3 is 19.3 Å². The van der Waals surface area contributed by atoms with Gasteiger partial charge in [-0.25, -0.2) is 0 Å². The Kier molecular flexibility index (Phi) is 4.40. The van der Waals surface area contributed by atoms with Gasteiger partial charge in [0.25, 0.3) is 0 Å². The Morgan fingerprint density at radius 1 is 1.14 bits per heavy atom. The zero-order valence-electron chi connectivity index (χ0n) is 13.8. The van der Waals surface area contributed by atoms with E-state index in [1.165, 1.54) is 0 Å². The molecule has 0 aromatic rings. The Hall–Kier alpha value is -0.650. The van der Waals surface area contributed by atoms with Crippen molar-refractivity contribution in [3.8, 4) is 0 Å². The van der Waals surface area contributed by atoms with Crippen LogP contribution in [-0.4, -0.2) is 46.7 Å². The molecule has 0 unspecified atom stereocenters. The highest BCUT2D eigenvalue weighted by Gasteiger charge is 2.56. The fourth-order valence-corrected chi connectivity index (χ4v) is 2.78. The third-order valence-corrected chi connectivity index (χ3v) is 4.38. The highest BCUT2D eigenvalue weighted by molar-refractivity contribution is 5.70. The maximum Gasteiger partial charge on any atom is 0.306 e. The molecule has 122 valence electrons. The van der Waals surface area contributed by atoms with Gasteiger partial charge in [-0.3, -0.25) is 4.79 Å². The number of ether oxygens (including phenoxy) is 3. The molecular formula is C16H28O5. The number of rotatable bonds is 7. The fourth-order valence-electron chi connectivity index (χ4n) is 2.78. The van der Waals surface area contributed by atoms with Crippen molar-refractivity contribution < 1.29 is 24.1 Å². The first-order valence-corrected chi connectivity index (χ1v) is 7.76. The number of esters is 1. The quantitative estimate of drug-likeness (QED) is 0.576. The summed E-state index contributed by atoms with van der Waals surface area (Å²) >= 11 is 0. The molecule has 4 atom stereocenters. The summed E-state index contributed by atoms with van der Waals surface area (Å²) in [4.78, 5) is 11.7. The molecule has 2 saturated heterocycles. The van der Waals surface area contributed by atoms with Crippen LogP contribution in [0.15, 0.2) is 0 Å². The summed E-state index contributed by atoms with van der Waals surface area (Å²) in [6.07, 6.45) is 3.01. The number of hydrogen-bond donors (Lipinski definition) is 1. The van der Waals surface area contributed by atoms with Crippen molar-refractivity contribution in [1.82, 2.24) is 0 Å². The van der Waals surface area contributed by atoms with Crippen molar-refractivity contribution in [3.63, 3.8) is 0 Å². The Bertz CT molecular complexity index is 402. The van der Waals surface area contributed by atoms with Gasteiger partial charge in [-0.15, -0.1) is 0 Å². The molecule has 0 radical (unpaired) electrons. The average molecular weight is 300 g/mol. The lowest BCUT2D eigenvalue weighted by Gasteiger charge is -2.19. The lowest BCUT2D eigenvalue weighted by Crippen LogP contribution is -2.25. The topological polar surface area (TPSA) is 71.6 Å². The van der Waals surface area contributed by atoms with Crippen molar-refractivity contribution in [2.24, 2.45) is 0 Å². The molecule has 0 bridgehead atoms. The first-order chi connectivity index (χ1) is 9.58. The molecule has 21 heavy (non-hydrogen) atoms. The Balaban J connectivity index is 1.66. The van der Waals surface area contributed by atoms with Crippen LogP contribution in [-0.2, 0) is 19.0 Å². The predicted molar refractivity (Wildman–Crippen MR) is 78.0 cm³/mol. The normalized spacial score (nSPS) is 38.2. The second-order valence-electron chi connectivity index (χ2n) is 7.65. The van der Waals surface area contributed by atoms with Gasteiger partial charge in [0.15, 0.2) is 0 Å². The molecule has 0 spiro atoms. The van der Waals surface area contributed by atoms with E-state index in [-0.39, 0.29) is 36.0 Å². The minimum Gasteiger partial charge on any atom is -0.460 e. The molecule has 0 aromatic carbocycles. The van der Waals surface area contributed by atoms with E-state index in [0.29, 0.717) is 12.8 Å². The minimum atomic E-state index is -0.432. The van der Waals surface area contributed by atoms with Crippen LogP contribution >= 0.6 is 0 Å². The van der Waals surface area contributed by atoms with Crippen LogP contribution in [0.3, 0.4) is 0 Å². The highest BCUT2D eigenvalue weighted by atomic mass is 16.6. The molecule has 1 N–H and O–H groups in total. The molecular weight excluding hydrogens is 272 g/mol. The molecule has 0 aliphatic carbocycles. The van der Waals surface area contributed by atoms with Crippen LogP contribution in [0.4, 0.5) is 0 Å². The number of carbonyl (C=O) groups is 1. The van der Waals surface area contributed by atoms with Gasteiger partial charge in [0, 0.05) is 6.42 Å². The Labute approximate surface area is 126 Å². The molecule has 5 nitrogen and oxygen atoms in total. The predicted octanol–water partition coefficient (Wildman–Crippen LogP) is 2.20. The standard InChI is InChI=1S/C16H28O5/c1-14(2,3)21-13(18)7-9-15(4)11(19-15)6-8-16(5)12(10-17)20-16/h11-12,17H,6-10H2,1-5H3/t11-,12-,15-,16-/m1/s1. The molecule has 0 saturated carbocycles. The van der Waals surface area contributed by atoms with Crippen molar-refractivity contribution in [3.05, 3.63) is 0 Å². The summed E-state index contributed by atoms with van der Waals surface area (Å²) in [5.41, 5.74) is -0.831. The lowest BCUT2D eigenvalue weighted by molar-refractivity contribution is -0.155. The van der Waals surface area contributed by atoms with E-state index in [4.69, 9.17) is 19.3 Å². The zero-order chi connectivity index (χ0) is 15.9. The summed E-state index contributed by atoms with van der Waals surface area (Å²) in [5.74, 6) is -0.171. The molecule has 0 aromatic heterocycles. The smallest absolute Gasteiger partial charge is 0.306 e. The van der Waals surface area contributed by atoms with Gasteiger partial charge >= 0.3 is 5.97 Å². The first-order valence-electron chi connectivity index (χ1n) is 7.76. The van der Waals surface area contributed by atoms with Crippen molar-refractivity contribution in [2.75, 3.05) is 6.61 Å². The first kappa shape index (κ1) is 16.7. The molecule has 2 fully saturated rings. The fraction of sp³-hybridized carbons (Fsp3) is 0.938. The van der Waals surface area contributed by atoms with E-state index in [0.717, 1.165) is 12.8 Å². The molecule has 2 aliphatic heterocycles. The van der Waals surface area contributed by atoms with Crippen LogP contribution in [0, 0.1) is 0 Å². The van der Waals surface area contributed by atoms with Crippen LogP contribution in [0.25, 0.3) is 0 Å². The maximum absolute atomic E-state index is 11.7. The third-order valence-electron chi connectivity index (χ3n) is 4.38. The van der Waals surface area contributed by atoms with E-state index < -0.39 is 5.60 Å². The molecule has 0 amide bonds. The summed E-state index contributed by atoms with van der Waals surface area (Å²) in [5, 5.41) is 9.06. The third kappa shape index (κ3) is 4.41. The molecule has 2 aliphatic rings. The summed E-state index contributed by atoms with van der Waals surface area (Å²) < 4.78 is 16.5. The van der Waals surface area contributed by atoms with E-state index in [9.17, 15) is 4.79 Å². The molecule has 2 rings (SSSR count). The Morgan fingerprint density at radius 3 is 2.24 bits per heavy atom. The van der Waals surface area contributed by atoms with Gasteiger partial charge in [0.1, 0.15) is 11.7 Å². The number of epoxide rings is 2. The van der Waals surface area contributed by atoms with Crippen LogP contribution in [0.2, 0.25) is 0 Å². The Morgan fingerprint density at radius 2 is 1.71 bits per heavy atom. The number of aliphatic hydroxyl groups excluding tert-OH is 1. The van der Waals surface area contributed by atoms with E-state index in [1.54, 1.807) is 0 Å². The van der Waals surface area contributed by atoms with Crippen molar-refractivity contribution in [2.45, 2.75) is 89.3 Å². The van der Waals surface area contributed by atoms with Gasteiger partial charge in [-0.05, 0) is 53.9 Å².